The number of likely N-dealkylation sites (tertiary alicyclic amines) is 1. The van der Waals surface area contributed by atoms with Crippen LogP contribution in [0.1, 0.15) is 24.0 Å². The van der Waals surface area contributed by atoms with Crippen LogP contribution in [0.2, 0.25) is 0 Å². The number of hydrogen-bond acceptors (Lipinski definition) is 3. The number of amides is 1. The molecular weight excluding hydrogens is 374 g/mol. The van der Waals surface area contributed by atoms with Crippen LogP contribution in [0.4, 0.5) is 0 Å². The molecular formula is C25H31N3O2. The summed E-state index contributed by atoms with van der Waals surface area (Å²) in [4.78, 5) is 14.9. The zero-order chi connectivity index (χ0) is 20.9. The molecule has 1 N–H and O–H groups in total. The molecule has 0 aliphatic carbocycles. The molecule has 1 atom stereocenters. The van der Waals surface area contributed by atoms with Crippen LogP contribution in [0.15, 0.2) is 54.7 Å². The van der Waals surface area contributed by atoms with E-state index < -0.39 is 0 Å². The molecule has 5 heteroatoms. The Bertz CT molecular complexity index is 993. The van der Waals surface area contributed by atoms with Crippen molar-refractivity contribution < 1.29 is 9.53 Å². The van der Waals surface area contributed by atoms with Crippen LogP contribution in [-0.2, 0) is 24.8 Å². The van der Waals surface area contributed by atoms with Crippen molar-refractivity contribution in [2.45, 2.75) is 25.8 Å². The van der Waals surface area contributed by atoms with Crippen molar-refractivity contribution >= 4 is 16.8 Å². The van der Waals surface area contributed by atoms with Gasteiger partial charge in [-0.25, -0.2) is 0 Å². The second-order valence-corrected chi connectivity index (χ2v) is 8.35. The van der Waals surface area contributed by atoms with Crippen molar-refractivity contribution in [2.24, 2.45) is 13.0 Å². The first-order valence-corrected chi connectivity index (χ1v) is 10.8. The van der Waals surface area contributed by atoms with Crippen molar-refractivity contribution in [1.29, 1.82) is 0 Å². The molecule has 0 saturated carbocycles. The maximum absolute atomic E-state index is 12.4. The van der Waals surface area contributed by atoms with Crippen LogP contribution in [0.25, 0.3) is 10.9 Å². The predicted molar refractivity (Wildman–Crippen MR) is 121 cm³/mol. The summed E-state index contributed by atoms with van der Waals surface area (Å²) >= 11 is 0. The Balaban J connectivity index is 1.29. The summed E-state index contributed by atoms with van der Waals surface area (Å²) < 4.78 is 7.39. The standard InChI is InChI=1S/C25H31N3O2/c1-27-17-21(23-7-3-4-8-24(23)27)18-28-13-5-6-20(16-28)15-26-25(29)14-19-9-11-22(30-2)12-10-19/h3-4,7-12,17,20H,5-6,13-16,18H2,1-2H3,(H,26,29)/t20-/m0/s1. The number of piperidine rings is 1. The van der Waals surface area contributed by atoms with Gasteiger partial charge in [-0.05, 0) is 54.6 Å². The Hall–Kier alpha value is -2.79. The third-order valence-corrected chi connectivity index (χ3v) is 6.09. The minimum Gasteiger partial charge on any atom is -0.497 e. The van der Waals surface area contributed by atoms with Gasteiger partial charge in [0.25, 0.3) is 0 Å². The Morgan fingerprint density at radius 3 is 2.77 bits per heavy atom. The van der Waals surface area contributed by atoms with Crippen LogP contribution >= 0.6 is 0 Å². The second kappa shape index (κ2) is 9.35. The Kier molecular flexibility index (Phi) is 6.38. The molecule has 0 bridgehead atoms. The molecule has 0 unspecified atom stereocenters. The first-order chi connectivity index (χ1) is 14.6. The molecule has 1 aliphatic rings. The van der Waals surface area contributed by atoms with Gasteiger partial charge in [-0.3, -0.25) is 9.69 Å². The van der Waals surface area contributed by atoms with Crippen molar-refractivity contribution in [3.8, 4) is 5.75 Å². The molecule has 3 aromatic rings. The number of aromatic nitrogens is 1. The summed E-state index contributed by atoms with van der Waals surface area (Å²) in [5.74, 6) is 1.41. The van der Waals surface area contributed by atoms with Gasteiger partial charge in [0.15, 0.2) is 0 Å². The molecule has 1 aromatic heterocycles. The predicted octanol–water partition coefficient (Wildman–Crippen LogP) is 3.76. The van der Waals surface area contributed by atoms with Gasteiger partial charge in [-0.15, -0.1) is 0 Å². The van der Waals surface area contributed by atoms with Crippen LogP contribution in [0, 0.1) is 5.92 Å². The molecule has 1 amide bonds. The van der Waals surface area contributed by atoms with Crippen molar-refractivity contribution in [2.75, 3.05) is 26.7 Å². The number of hydrogen-bond donors (Lipinski definition) is 1. The van der Waals surface area contributed by atoms with Gasteiger partial charge >= 0.3 is 0 Å². The molecule has 2 heterocycles. The highest BCUT2D eigenvalue weighted by Gasteiger charge is 2.21. The average molecular weight is 406 g/mol. The molecule has 0 spiro atoms. The van der Waals surface area contributed by atoms with E-state index in [1.54, 1.807) is 7.11 Å². The Labute approximate surface area is 178 Å². The largest absolute Gasteiger partial charge is 0.497 e. The van der Waals surface area contributed by atoms with Crippen molar-refractivity contribution in [1.82, 2.24) is 14.8 Å². The monoisotopic (exact) mass is 405 g/mol. The molecule has 1 aliphatic heterocycles. The lowest BCUT2D eigenvalue weighted by atomic mass is 9.97. The fraction of sp³-hybridized carbons (Fsp3) is 0.400. The summed E-state index contributed by atoms with van der Waals surface area (Å²) in [6, 6.07) is 16.3. The lowest BCUT2D eigenvalue weighted by Gasteiger charge is -2.32. The van der Waals surface area contributed by atoms with E-state index in [1.807, 2.05) is 24.3 Å². The van der Waals surface area contributed by atoms with E-state index in [0.717, 1.165) is 37.5 Å². The van der Waals surface area contributed by atoms with Crippen LogP contribution in [-0.4, -0.2) is 42.1 Å². The van der Waals surface area contributed by atoms with Gasteiger partial charge in [-0.1, -0.05) is 30.3 Å². The third kappa shape index (κ3) is 4.85. The quantitative estimate of drug-likeness (QED) is 0.651. The zero-order valence-corrected chi connectivity index (χ0v) is 17.9. The molecule has 4 rings (SSSR count). The number of fused-ring (bicyclic) bond motifs is 1. The lowest BCUT2D eigenvalue weighted by molar-refractivity contribution is -0.120. The number of rotatable bonds is 7. The molecule has 0 radical (unpaired) electrons. The van der Waals surface area contributed by atoms with E-state index in [2.05, 4.69) is 52.3 Å². The van der Waals surface area contributed by atoms with E-state index in [-0.39, 0.29) is 5.91 Å². The number of methoxy groups -OCH3 is 1. The van der Waals surface area contributed by atoms with Crippen LogP contribution in [0.5, 0.6) is 5.75 Å². The van der Waals surface area contributed by atoms with Crippen molar-refractivity contribution in [3.05, 3.63) is 65.9 Å². The highest BCUT2D eigenvalue weighted by molar-refractivity contribution is 5.83. The minimum atomic E-state index is 0.0892. The van der Waals surface area contributed by atoms with E-state index in [0.29, 0.717) is 12.3 Å². The Morgan fingerprint density at radius 1 is 1.17 bits per heavy atom. The normalized spacial score (nSPS) is 17.2. The van der Waals surface area contributed by atoms with Gasteiger partial charge in [0.05, 0.1) is 13.5 Å². The number of carbonyl (C=O) groups is 1. The van der Waals surface area contributed by atoms with E-state index >= 15 is 0 Å². The smallest absolute Gasteiger partial charge is 0.224 e. The summed E-state index contributed by atoms with van der Waals surface area (Å²) in [5.41, 5.74) is 3.68. The molecule has 158 valence electrons. The fourth-order valence-corrected chi connectivity index (χ4v) is 4.50. The van der Waals surface area contributed by atoms with E-state index in [4.69, 9.17) is 4.74 Å². The number of carbonyl (C=O) groups excluding carboxylic acids is 1. The van der Waals surface area contributed by atoms with Gasteiger partial charge < -0.3 is 14.6 Å². The number of nitrogens with one attached hydrogen (secondary N) is 1. The SMILES string of the molecule is COc1ccc(CC(=O)NC[C@@H]2CCCN(Cc3cn(C)c4ccccc34)C2)cc1. The lowest BCUT2D eigenvalue weighted by Crippen LogP contribution is -2.40. The number of aryl methyl sites for hydroxylation is 1. The summed E-state index contributed by atoms with van der Waals surface area (Å²) in [7, 11) is 3.76. The summed E-state index contributed by atoms with van der Waals surface area (Å²) in [5, 5.41) is 4.49. The Morgan fingerprint density at radius 2 is 1.97 bits per heavy atom. The number of ether oxygens (including phenoxy) is 1. The third-order valence-electron chi connectivity index (χ3n) is 6.09. The average Bonchev–Trinajstić information content (AvgIpc) is 3.09. The maximum atomic E-state index is 12.4. The molecule has 2 aromatic carbocycles. The van der Waals surface area contributed by atoms with Gasteiger partial charge in [-0.2, -0.15) is 0 Å². The number of nitrogens with zero attached hydrogens (tertiary/aromatic N) is 2. The van der Waals surface area contributed by atoms with Crippen molar-refractivity contribution in [3.63, 3.8) is 0 Å². The number of benzene rings is 2. The van der Waals surface area contributed by atoms with Crippen LogP contribution in [0.3, 0.4) is 0 Å². The van der Waals surface area contributed by atoms with Gasteiger partial charge in [0.1, 0.15) is 5.75 Å². The highest BCUT2D eigenvalue weighted by atomic mass is 16.5. The molecule has 1 fully saturated rings. The first-order valence-electron chi connectivity index (χ1n) is 10.8. The second-order valence-electron chi connectivity index (χ2n) is 8.35. The molecule has 5 nitrogen and oxygen atoms in total. The summed E-state index contributed by atoms with van der Waals surface area (Å²) in [6.07, 6.45) is 5.03. The van der Waals surface area contributed by atoms with E-state index in [9.17, 15) is 4.79 Å². The topological polar surface area (TPSA) is 46.5 Å². The molecule has 1 saturated heterocycles. The van der Waals surface area contributed by atoms with Crippen LogP contribution < -0.4 is 10.1 Å². The number of para-hydroxylation sites is 1. The fourth-order valence-electron chi connectivity index (χ4n) is 4.50. The van der Waals surface area contributed by atoms with E-state index in [1.165, 1.54) is 29.3 Å². The highest BCUT2D eigenvalue weighted by Crippen LogP contribution is 2.24. The molecule has 30 heavy (non-hydrogen) atoms. The zero-order valence-electron chi connectivity index (χ0n) is 17.9. The minimum absolute atomic E-state index is 0.0892. The maximum Gasteiger partial charge on any atom is 0.224 e. The van der Waals surface area contributed by atoms with Gasteiger partial charge in [0, 0.05) is 43.8 Å². The van der Waals surface area contributed by atoms with Gasteiger partial charge in [0.2, 0.25) is 5.91 Å². The summed E-state index contributed by atoms with van der Waals surface area (Å²) in [6.45, 7) is 3.88. The first kappa shape index (κ1) is 20.5.